The Hall–Kier alpha value is -2.29. The molecule has 3 aromatic rings. The normalized spacial score (nSPS) is 16.6. The maximum atomic E-state index is 12.7. The molecular formula is C17H17N4O2S2+. The van der Waals surface area contributed by atoms with Gasteiger partial charge in [0.15, 0.2) is 0 Å². The number of carbonyl (C=O) groups excluding carboxylic acids is 2. The molecule has 4 rings (SSSR count). The third kappa shape index (κ3) is 2.92. The number of amides is 2. The maximum absolute atomic E-state index is 12.7. The Balaban J connectivity index is 1.67. The number of primary amides is 1. The molecule has 128 valence electrons. The lowest BCUT2D eigenvalue weighted by Gasteiger charge is -2.19. The van der Waals surface area contributed by atoms with Crippen LogP contribution in [-0.4, -0.2) is 30.4 Å². The molecule has 0 saturated carbocycles. The largest absolute Gasteiger partial charge is 0.365 e. The highest BCUT2D eigenvalue weighted by atomic mass is 32.1. The van der Waals surface area contributed by atoms with Crippen LogP contribution >= 0.6 is 22.7 Å². The van der Waals surface area contributed by atoms with Crippen LogP contribution in [0.15, 0.2) is 23.7 Å². The predicted molar refractivity (Wildman–Crippen MR) is 99.6 cm³/mol. The molecule has 1 aliphatic heterocycles. The summed E-state index contributed by atoms with van der Waals surface area (Å²) in [4.78, 5) is 31.3. The van der Waals surface area contributed by atoms with Gasteiger partial charge in [-0.3, -0.25) is 9.59 Å². The van der Waals surface area contributed by atoms with Gasteiger partial charge < -0.3 is 16.0 Å². The molecule has 6 nitrogen and oxygen atoms in total. The van der Waals surface area contributed by atoms with E-state index in [-0.39, 0.29) is 5.91 Å². The Morgan fingerprint density at radius 3 is 3.00 bits per heavy atom. The zero-order valence-corrected chi connectivity index (χ0v) is 15.2. The van der Waals surface area contributed by atoms with Crippen molar-refractivity contribution < 1.29 is 14.5 Å². The van der Waals surface area contributed by atoms with Crippen LogP contribution in [0.3, 0.4) is 0 Å². The minimum Gasteiger partial charge on any atom is -0.365 e. The van der Waals surface area contributed by atoms with Crippen LogP contribution in [0.2, 0.25) is 0 Å². The second kappa shape index (κ2) is 6.21. The van der Waals surface area contributed by atoms with Crippen LogP contribution in [0.5, 0.6) is 0 Å². The first-order valence-electron chi connectivity index (χ1n) is 7.93. The number of nitrogens with two attached hydrogens (primary N) is 1. The average Bonchev–Trinajstić information content (AvgIpc) is 3.17. The first-order chi connectivity index (χ1) is 12.0. The molecule has 1 aliphatic rings. The van der Waals surface area contributed by atoms with Crippen molar-refractivity contribution in [3.8, 4) is 0 Å². The molecule has 0 aliphatic carbocycles. The number of rotatable bonds is 3. The second-order valence-electron chi connectivity index (χ2n) is 6.20. The number of benzene rings is 1. The molecular weight excluding hydrogens is 356 g/mol. The van der Waals surface area contributed by atoms with Crippen LogP contribution in [0.1, 0.15) is 31.2 Å². The third-order valence-electron chi connectivity index (χ3n) is 4.42. The first kappa shape index (κ1) is 16.2. The van der Waals surface area contributed by atoms with Gasteiger partial charge in [-0.05, 0) is 23.8 Å². The molecule has 3 heterocycles. The van der Waals surface area contributed by atoms with Crippen molar-refractivity contribution >= 4 is 49.7 Å². The van der Waals surface area contributed by atoms with Gasteiger partial charge in [0.25, 0.3) is 11.8 Å². The van der Waals surface area contributed by atoms with Gasteiger partial charge in [-0.25, -0.2) is 4.98 Å². The number of aromatic nitrogens is 1. The third-order valence-corrected chi connectivity index (χ3v) is 6.36. The number of hydrogen-bond donors (Lipinski definition) is 3. The number of hydrogen-bond acceptors (Lipinski definition) is 5. The van der Waals surface area contributed by atoms with Crippen molar-refractivity contribution in [3.05, 3.63) is 45.3 Å². The lowest BCUT2D eigenvalue weighted by atomic mass is 10.0. The number of quaternary nitrogens is 1. The summed E-state index contributed by atoms with van der Waals surface area (Å²) in [5.41, 5.74) is 10.2. The highest BCUT2D eigenvalue weighted by Crippen LogP contribution is 2.34. The average molecular weight is 373 g/mol. The summed E-state index contributed by atoms with van der Waals surface area (Å²) in [5.74, 6) is -0.720. The van der Waals surface area contributed by atoms with E-state index in [1.807, 2.05) is 12.1 Å². The van der Waals surface area contributed by atoms with Gasteiger partial charge >= 0.3 is 0 Å². The number of thiophene rings is 1. The van der Waals surface area contributed by atoms with Crippen molar-refractivity contribution in [2.45, 2.75) is 13.0 Å². The molecule has 2 amide bonds. The van der Waals surface area contributed by atoms with E-state index in [1.54, 1.807) is 11.6 Å². The summed E-state index contributed by atoms with van der Waals surface area (Å²) >= 11 is 2.95. The van der Waals surface area contributed by atoms with Gasteiger partial charge in [-0.1, -0.05) is 0 Å². The summed E-state index contributed by atoms with van der Waals surface area (Å²) in [6.45, 7) is 1.81. The minimum atomic E-state index is -0.481. The zero-order chi connectivity index (χ0) is 17.6. The Labute approximate surface area is 152 Å². The molecule has 1 aromatic carbocycles. The summed E-state index contributed by atoms with van der Waals surface area (Å²) in [6.07, 6.45) is 0.804. The lowest BCUT2D eigenvalue weighted by molar-refractivity contribution is -0.895. The Kier molecular flexibility index (Phi) is 4.03. The summed E-state index contributed by atoms with van der Waals surface area (Å²) < 4.78 is 0.957. The zero-order valence-electron chi connectivity index (χ0n) is 13.6. The number of nitrogens with one attached hydrogen (secondary N) is 2. The number of likely N-dealkylation sites (N-methyl/N-ethyl adjacent to an activating group) is 1. The van der Waals surface area contributed by atoms with Crippen molar-refractivity contribution in [1.82, 2.24) is 4.98 Å². The molecule has 0 saturated heterocycles. The van der Waals surface area contributed by atoms with Gasteiger partial charge in [0, 0.05) is 12.0 Å². The van der Waals surface area contributed by atoms with Gasteiger partial charge in [0.1, 0.15) is 11.5 Å². The molecule has 0 fully saturated rings. The van der Waals surface area contributed by atoms with Crippen molar-refractivity contribution in [3.63, 3.8) is 0 Å². The van der Waals surface area contributed by atoms with Crippen LogP contribution in [0.25, 0.3) is 10.2 Å². The fraction of sp³-hybridized carbons (Fsp3) is 0.235. The van der Waals surface area contributed by atoms with E-state index in [0.717, 1.165) is 40.2 Å². The fourth-order valence-electron chi connectivity index (χ4n) is 3.14. The summed E-state index contributed by atoms with van der Waals surface area (Å²) in [7, 11) is 2.12. The van der Waals surface area contributed by atoms with Crippen molar-refractivity contribution in [2.24, 2.45) is 5.73 Å². The van der Waals surface area contributed by atoms with Gasteiger partial charge in [0.05, 0.1) is 39.8 Å². The number of thiazole rings is 1. The van der Waals surface area contributed by atoms with Gasteiger partial charge in [0.2, 0.25) is 0 Å². The molecule has 1 atom stereocenters. The first-order valence-corrected chi connectivity index (χ1v) is 9.63. The molecule has 0 spiro atoms. The number of fused-ring (bicyclic) bond motifs is 2. The van der Waals surface area contributed by atoms with E-state index >= 15 is 0 Å². The SMILES string of the molecule is C[NH+]1CCc2c(sc(NC(=O)c3ccc4ncsc4c3)c2C(N)=O)C1. The lowest BCUT2D eigenvalue weighted by Crippen LogP contribution is -3.08. The Morgan fingerprint density at radius 1 is 1.36 bits per heavy atom. The molecule has 0 bridgehead atoms. The summed E-state index contributed by atoms with van der Waals surface area (Å²) in [6, 6.07) is 5.39. The van der Waals surface area contributed by atoms with Crippen LogP contribution < -0.4 is 16.0 Å². The molecule has 25 heavy (non-hydrogen) atoms. The minimum absolute atomic E-state index is 0.239. The van der Waals surface area contributed by atoms with E-state index < -0.39 is 5.91 Å². The number of nitrogens with zero attached hydrogens (tertiary/aromatic N) is 1. The maximum Gasteiger partial charge on any atom is 0.256 e. The van der Waals surface area contributed by atoms with E-state index in [9.17, 15) is 9.59 Å². The van der Waals surface area contributed by atoms with E-state index in [2.05, 4.69) is 17.3 Å². The second-order valence-corrected chi connectivity index (χ2v) is 8.19. The summed E-state index contributed by atoms with van der Waals surface area (Å²) in [5, 5.41) is 3.45. The van der Waals surface area contributed by atoms with Crippen molar-refractivity contribution in [1.29, 1.82) is 0 Å². The topological polar surface area (TPSA) is 89.5 Å². The smallest absolute Gasteiger partial charge is 0.256 e. The Bertz CT molecular complexity index is 992. The number of anilines is 1. The standard InChI is InChI=1S/C17H16N4O2S2/c1-21-5-4-10-13(7-21)25-17(14(10)15(18)22)20-16(23)9-2-3-11-12(6-9)24-8-19-11/h2-3,6,8H,4-5,7H2,1H3,(H2,18,22)(H,20,23)/p+1. The highest BCUT2D eigenvalue weighted by molar-refractivity contribution is 7.17. The number of carbonyl (C=O) groups is 2. The Morgan fingerprint density at radius 2 is 2.20 bits per heavy atom. The highest BCUT2D eigenvalue weighted by Gasteiger charge is 2.28. The molecule has 0 radical (unpaired) electrons. The van der Waals surface area contributed by atoms with Gasteiger partial charge in [-0.15, -0.1) is 22.7 Å². The van der Waals surface area contributed by atoms with E-state index in [0.29, 0.717) is 16.1 Å². The molecule has 8 heteroatoms. The molecule has 1 unspecified atom stereocenters. The van der Waals surface area contributed by atoms with Crippen molar-refractivity contribution in [2.75, 3.05) is 18.9 Å². The van der Waals surface area contributed by atoms with Crippen LogP contribution in [0, 0.1) is 0 Å². The quantitative estimate of drug-likeness (QED) is 0.646. The predicted octanol–water partition coefficient (Wildman–Crippen LogP) is 1.28. The molecule has 2 aromatic heterocycles. The van der Waals surface area contributed by atoms with Gasteiger partial charge in [-0.2, -0.15) is 0 Å². The van der Waals surface area contributed by atoms with E-state index in [4.69, 9.17) is 5.73 Å². The monoisotopic (exact) mass is 373 g/mol. The fourth-order valence-corrected chi connectivity index (χ4v) is 5.22. The molecule has 4 N–H and O–H groups in total. The van der Waals surface area contributed by atoms with Crippen LogP contribution in [0.4, 0.5) is 5.00 Å². The van der Waals surface area contributed by atoms with E-state index in [1.165, 1.54) is 27.6 Å². The van der Waals surface area contributed by atoms with Crippen LogP contribution in [-0.2, 0) is 13.0 Å².